The molecule has 3 N–H and O–H groups in total. The summed E-state index contributed by atoms with van der Waals surface area (Å²) in [6.07, 6.45) is 1.80. The molecule has 0 aliphatic rings. The molecule has 0 saturated heterocycles. The summed E-state index contributed by atoms with van der Waals surface area (Å²) in [5, 5.41) is 9.61. The molecule has 0 aliphatic carbocycles. The number of nitrogens with two attached hydrogens (primary N) is 1. The monoisotopic (exact) mass is 424 g/mol. The minimum Gasteiger partial charge on any atom is -0.449 e. The highest BCUT2D eigenvalue weighted by Gasteiger charge is 2.17. The van der Waals surface area contributed by atoms with Gasteiger partial charge in [-0.3, -0.25) is 4.79 Å². The predicted octanol–water partition coefficient (Wildman–Crippen LogP) is 3.07. The van der Waals surface area contributed by atoms with Crippen LogP contribution in [0.1, 0.15) is 12.5 Å². The van der Waals surface area contributed by atoms with Crippen LogP contribution in [-0.4, -0.2) is 26.4 Å². The third kappa shape index (κ3) is 5.31. The van der Waals surface area contributed by atoms with Crippen LogP contribution in [0.4, 0.5) is 5.69 Å². The molecule has 0 unspecified atom stereocenters. The summed E-state index contributed by atoms with van der Waals surface area (Å²) in [4.78, 5) is 24.2. The maximum Gasteiger partial charge on any atom is 0.331 e. The summed E-state index contributed by atoms with van der Waals surface area (Å²) in [6, 6.07) is 19.0. The quantitative estimate of drug-likeness (QED) is 0.466. The van der Waals surface area contributed by atoms with E-state index in [0.717, 1.165) is 16.3 Å². The van der Waals surface area contributed by atoms with Crippen LogP contribution >= 0.6 is 0 Å². The average molecular weight is 424 g/mol. The summed E-state index contributed by atoms with van der Waals surface area (Å²) in [7, 11) is -3.90. The van der Waals surface area contributed by atoms with Gasteiger partial charge in [-0.1, -0.05) is 48.5 Å². The second-order valence-electron chi connectivity index (χ2n) is 6.54. The first-order valence-electron chi connectivity index (χ1n) is 9.04. The first kappa shape index (κ1) is 21.2. The minimum atomic E-state index is -3.90. The van der Waals surface area contributed by atoms with E-state index in [1.54, 1.807) is 6.08 Å². The number of hydrogen-bond donors (Lipinski definition) is 2. The van der Waals surface area contributed by atoms with E-state index in [0.29, 0.717) is 0 Å². The molecule has 0 saturated carbocycles. The molecular weight excluding hydrogens is 404 g/mol. The average Bonchev–Trinajstić information content (AvgIpc) is 2.71. The van der Waals surface area contributed by atoms with Crippen molar-refractivity contribution in [1.82, 2.24) is 0 Å². The van der Waals surface area contributed by atoms with Crippen LogP contribution in [0.15, 0.2) is 77.7 Å². The Balaban J connectivity index is 1.64. The summed E-state index contributed by atoms with van der Waals surface area (Å²) in [5.74, 6) is -1.28. The summed E-state index contributed by atoms with van der Waals surface area (Å²) in [6.45, 7) is 1.42. The van der Waals surface area contributed by atoms with Crippen molar-refractivity contribution in [1.29, 1.82) is 0 Å². The van der Waals surface area contributed by atoms with Gasteiger partial charge in [0.1, 0.15) is 0 Å². The number of fused-ring (bicyclic) bond motifs is 1. The van der Waals surface area contributed by atoms with Gasteiger partial charge in [0, 0.05) is 11.8 Å². The van der Waals surface area contributed by atoms with Crippen LogP contribution in [-0.2, 0) is 24.3 Å². The molecule has 30 heavy (non-hydrogen) atoms. The van der Waals surface area contributed by atoms with Crippen LogP contribution in [0.3, 0.4) is 0 Å². The zero-order valence-electron chi connectivity index (χ0n) is 16.1. The summed E-state index contributed by atoms with van der Waals surface area (Å²) < 4.78 is 28.0. The van der Waals surface area contributed by atoms with Gasteiger partial charge in [-0.2, -0.15) is 0 Å². The van der Waals surface area contributed by atoms with Crippen molar-refractivity contribution < 1.29 is 22.7 Å². The van der Waals surface area contributed by atoms with Crippen molar-refractivity contribution in [3.05, 3.63) is 78.4 Å². The van der Waals surface area contributed by atoms with Gasteiger partial charge in [0.25, 0.3) is 5.91 Å². The van der Waals surface area contributed by atoms with Gasteiger partial charge in [0.2, 0.25) is 10.0 Å². The van der Waals surface area contributed by atoms with E-state index in [2.05, 4.69) is 5.32 Å². The molecule has 0 radical (unpaired) electrons. The van der Waals surface area contributed by atoms with Crippen molar-refractivity contribution in [3.8, 4) is 0 Å². The Morgan fingerprint density at radius 2 is 1.73 bits per heavy atom. The molecule has 0 spiro atoms. The van der Waals surface area contributed by atoms with E-state index in [9.17, 15) is 18.0 Å². The third-order valence-electron chi connectivity index (χ3n) is 4.31. The summed E-state index contributed by atoms with van der Waals surface area (Å²) in [5.41, 5.74) is 1.07. The Labute approximate surface area is 174 Å². The SMILES string of the molecule is C[C@@H](OC(=O)/C=C/c1cccc2ccccc12)C(=O)Nc1cccc(S(N)(=O)=O)c1. The van der Waals surface area contributed by atoms with E-state index in [-0.39, 0.29) is 10.6 Å². The Morgan fingerprint density at radius 1 is 1.03 bits per heavy atom. The van der Waals surface area contributed by atoms with Gasteiger partial charge in [-0.25, -0.2) is 18.4 Å². The lowest BCUT2D eigenvalue weighted by Gasteiger charge is -2.13. The molecule has 8 heteroatoms. The molecule has 1 atom stereocenters. The largest absolute Gasteiger partial charge is 0.449 e. The molecule has 1 amide bonds. The van der Waals surface area contributed by atoms with Crippen molar-refractivity contribution in [2.45, 2.75) is 17.9 Å². The highest BCUT2D eigenvalue weighted by Crippen LogP contribution is 2.20. The number of esters is 1. The van der Waals surface area contributed by atoms with Gasteiger partial charge in [-0.15, -0.1) is 0 Å². The molecule has 0 aromatic heterocycles. The lowest BCUT2D eigenvalue weighted by atomic mass is 10.0. The summed E-state index contributed by atoms with van der Waals surface area (Å²) >= 11 is 0. The molecule has 3 aromatic carbocycles. The number of primary sulfonamides is 1. The Hall–Kier alpha value is -3.49. The molecule has 0 heterocycles. The van der Waals surface area contributed by atoms with E-state index < -0.39 is 28.0 Å². The second kappa shape index (κ2) is 8.89. The molecular formula is C22H20N2O5S. The maximum atomic E-state index is 12.3. The van der Waals surface area contributed by atoms with E-state index in [4.69, 9.17) is 9.88 Å². The lowest BCUT2D eigenvalue weighted by molar-refractivity contribution is -0.148. The van der Waals surface area contributed by atoms with Crippen molar-refractivity contribution in [2.24, 2.45) is 5.14 Å². The van der Waals surface area contributed by atoms with Crippen molar-refractivity contribution in [2.75, 3.05) is 5.32 Å². The third-order valence-corrected chi connectivity index (χ3v) is 5.23. The van der Waals surface area contributed by atoms with Crippen molar-refractivity contribution >= 4 is 44.4 Å². The number of carbonyl (C=O) groups is 2. The van der Waals surface area contributed by atoms with Gasteiger partial charge in [0.05, 0.1) is 4.90 Å². The number of benzene rings is 3. The van der Waals surface area contributed by atoms with Gasteiger partial charge in [0.15, 0.2) is 6.10 Å². The van der Waals surface area contributed by atoms with E-state index in [1.807, 2.05) is 42.5 Å². The molecule has 3 aromatic rings. The molecule has 0 bridgehead atoms. The zero-order valence-corrected chi connectivity index (χ0v) is 16.9. The highest BCUT2D eigenvalue weighted by molar-refractivity contribution is 7.89. The number of nitrogens with one attached hydrogen (secondary N) is 1. The molecule has 0 aliphatic heterocycles. The number of ether oxygens (including phenoxy) is 1. The zero-order chi connectivity index (χ0) is 21.7. The Kier molecular flexibility index (Phi) is 6.29. The minimum absolute atomic E-state index is 0.136. The van der Waals surface area contributed by atoms with Crippen molar-refractivity contribution in [3.63, 3.8) is 0 Å². The number of sulfonamides is 1. The maximum absolute atomic E-state index is 12.3. The van der Waals surface area contributed by atoms with Crippen LogP contribution in [0.25, 0.3) is 16.8 Å². The topological polar surface area (TPSA) is 116 Å². The fourth-order valence-corrected chi connectivity index (χ4v) is 3.37. The molecule has 154 valence electrons. The smallest absolute Gasteiger partial charge is 0.331 e. The Bertz CT molecular complexity index is 1230. The number of hydrogen-bond acceptors (Lipinski definition) is 5. The fourth-order valence-electron chi connectivity index (χ4n) is 2.82. The van der Waals surface area contributed by atoms with Gasteiger partial charge >= 0.3 is 5.97 Å². The van der Waals surface area contributed by atoms with E-state index >= 15 is 0 Å². The lowest BCUT2D eigenvalue weighted by Crippen LogP contribution is -2.29. The second-order valence-corrected chi connectivity index (χ2v) is 8.10. The van der Waals surface area contributed by atoms with E-state index in [1.165, 1.54) is 37.3 Å². The number of anilines is 1. The van der Waals surface area contributed by atoms with Gasteiger partial charge < -0.3 is 10.1 Å². The van der Waals surface area contributed by atoms with Crippen LogP contribution < -0.4 is 10.5 Å². The normalized spacial score (nSPS) is 12.6. The first-order chi connectivity index (χ1) is 14.2. The van der Waals surface area contributed by atoms with Gasteiger partial charge in [-0.05, 0) is 47.5 Å². The molecule has 7 nitrogen and oxygen atoms in total. The first-order valence-corrected chi connectivity index (χ1v) is 10.6. The predicted molar refractivity (Wildman–Crippen MR) is 115 cm³/mol. The number of amides is 1. The standard InChI is InChI=1S/C22H20N2O5S/c1-15(22(26)24-18-9-5-10-19(14-18)30(23,27)28)29-21(25)13-12-17-8-4-7-16-6-2-3-11-20(16)17/h2-15H,1H3,(H,24,26)(H2,23,27,28)/b13-12+/t15-/m1/s1. The molecule has 3 rings (SSSR count). The number of rotatable bonds is 6. The number of carbonyl (C=O) groups excluding carboxylic acids is 2. The highest BCUT2D eigenvalue weighted by atomic mass is 32.2. The molecule has 0 fully saturated rings. The van der Waals surface area contributed by atoms with Crippen LogP contribution in [0.5, 0.6) is 0 Å². The van der Waals surface area contributed by atoms with Crippen LogP contribution in [0.2, 0.25) is 0 Å². The van der Waals surface area contributed by atoms with Crippen LogP contribution in [0, 0.1) is 0 Å². The Morgan fingerprint density at radius 3 is 2.50 bits per heavy atom. The fraction of sp³-hybridized carbons (Fsp3) is 0.0909.